The molecule has 0 aromatic heterocycles. The standard InChI is InChI=1S/C10H20N2O3/c1-14-5-2-4-11-10(13)7-12-9-3-6-15-8-9/h9,12H,2-8H2,1H3,(H,11,13). The lowest BCUT2D eigenvalue weighted by molar-refractivity contribution is -0.120. The summed E-state index contributed by atoms with van der Waals surface area (Å²) in [6, 6.07) is 0.342. The summed E-state index contributed by atoms with van der Waals surface area (Å²) >= 11 is 0. The Bertz CT molecular complexity index is 182. The molecule has 0 aliphatic carbocycles. The van der Waals surface area contributed by atoms with Crippen molar-refractivity contribution < 1.29 is 14.3 Å². The zero-order valence-electron chi connectivity index (χ0n) is 9.25. The second-order valence-electron chi connectivity index (χ2n) is 3.64. The molecule has 5 heteroatoms. The summed E-state index contributed by atoms with van der Waals surface area (Å²) in [5.41, 5.74) is 0. The maximum Gasteiger partial charge on any atom is 0.233 e. The number of carbonyl (C=O) groups excluding carboxylic acids is 1. The fourth-order valence-electron chi connectivity index (χ4n) is 1.44. The molecule has 1 atom stereocenters. The molecular weight excluding hydrogens is 196 g/mol. The maximum absolute atomic E-state index is 11.3. The summed E-state index contributed by atoms with van der Waals surface area (Å²) in [7, 11) is 1.66. The van der Waals surface area contributed by atoms with Gasteiger partial charge in [0.15, 0.2) is 0 Å². The lowest BCUT2D eigenvalue weighted by Gasteiger charge is -2.10. The van der Waals surface area contributed by atoms with Crippen LogP contribution in [0, 0.1) is 0 Å². The molecule has 1 amide bonds. The van der Waals surface area contributed by atoms with Gasteiger partial charge in [-0.3, -0.25) is 4.79 Å². The molecule has 0 aromatic carbocycles. The molecule has 1 saturated heterocycles. The van der Waals surface area contributed by atoms with Gasteiger partial charge in [0.25, 0.3) is 0 Å². The van der Waals surface area contributed by atoms with E-state index in [0.717, 1.165) is 26.1 Å². The van der Waals surface area contributed by atoms with Crippen LogP contribution in [0.25, 0.3) is 0 Å². The number of ether oxygens (including phenoxy) is 2. The average Bonchev–Trinajstić information content (AvgIpc) is 2.74. The Hall–Kier alpha value is -0.650. The number of methoxy groups -OCH3 is 1. The lowest BCUT2D eigenvalue weighted by atomic mass is 10.2. The molecule has 5 nitrogen and oxygen atoms in total. The van der Waals surface area contributed by atoms with Gasteiger partial charge in [0.2, 0.25) is 5.91 Å². The molecule has 1 heterocycles. The third-order valence-corrected chi connectivity index (χ3v) is 2.33. The molecule has 0 radical (unpaired) electrons. The Morgan fingerprint density at radius 2 is 2.47 bits per heavy atom. The third-order valence-electron chi connectivity index (χ3n) is 2.33. The van der Waals surface area contributed by atoms with Gasteiger partial charge >= 0.3 is 0 Å². The second kappa shape index (κ2) is 7.62. The van der Waals surface area contributed by atoms with Gasteiger partial charge in [0.1, 0.15) is 0 Å². The zero-order valence-corrected chi connectivity index (χ0v) is 9.25. The van der Waals surface area contributed by atoms with Gasteiger partial charge < -0.3 is 20.1 Å². The summed E-state index contributed by atoms with van der Waals surface area (Å²) in [4.78, 5) is 11.3. The van der Waals surface area contributed by atoms with Crippen LogP contribution in [0.15, 0.2) is 0 Å². The van der Waals surface area contributed by atoms with Crippen LogP contribution in [0.1, 0.15) is 12.8 Å². The van der Waals surface area contributed by atoms with Crippen molar-refractivity contribution in [3.05, 3.63) is 0 Å². The highest BCUT2D eigenvalue weighted by atomic mass is 16.5. The SMILES string of the molecule is COCCCNC(=O)CNC1CCOC1. The molecule has 0 spiro atoms. The van der Waals surface area contributed by atoms with Crippen LogP contribution < -0.4 is 10.6 Å². The largest absolute Gasteiger partial charge is 0.385 e. The minimum Gasteiger partial charge on any atom is -0.385 e. The molecular formula is C10H20N2O3. The van der Waals surface area contributed by atoms with Crippen LogP contribution in [-0.4, -0.2) is 52.0 Å². The van der Waals surface area contributed by atoms with E-state index in [4.69, 9.17) is 9.47 Å². The van der Waals surface area contributed by atoms with E-state index in [1.54, 1.807) is 7.11 Å². The van der Waals surface area contributed by atoms with E-state index in [1.807, 2.05) is 0 Å². The molecule has 0 bridgehead atoms. The first-order valence-corrected chi connectivity index (χ1v) is 5.39. The number of amides is 1. The van der Waals surface area contributed by atoms with Crippen molar-refractivity contribution in [2.45, 2.75) is 18.9 Å². The van der Waals surface area contributed by atoms with Gasteiger partial charge in [0.05, 0.1) is 13.2 Å². The summed E-state index contributed by atoms with van der Waals surface area (Å²) < 4.78 is 10.1. The predicted octanol–water partition coefficient (Wildman–Crippen LogP) is -0.482. The Balaban J connectivity index is 1.93. The minimum absolute atomic E-state index is 0.0398. The number of hydrogen-bond acceptors (Lipinski definition) is 4. The Morgan fingerprint density at radius 3 is 3.13 bits per heavy atom. The highest BCUT2D eigenvalue weighted by Crippen LogP contribution is 2.01. The van der Waals surface area contributed by atoms with Gasteiger partial charge in [-0.15, -0.1) is 0 Å². The topological polar surface area (TPSA) is 59.6 Å². The van der Waals surface area contributed by atoms with E-state index in [0.29, 0.717) is 25.7 Å². The molecule has 1 rings (SSSR count). The van der Waals surface area contributed by atoms with Crippen molar-refractivity contribution in [2.24, 2.45) is 0 Å². The Kier molecular flexibility index (Phi) is 6.31. The van der Waals surface area contributed by atoms with Gasteiger partial charge in [-0.25, -0.2) is 0 Å². The van der Waals surface area contributed by atoms with E-state index >= 15 is 0 Å². The average molecular weight is 216 g/mol. The molecule has 1 fully saturated rings. The van der Waals surface area contributed by atoms with E-state index in [2.05, 4.69) is 10.6 Å². The quantitative estimate of drug-likeness (QED) is 0.564. The summed E-state index contributed by atoms with van der Waals surface area (Å²) in [5.74, 6) is 0.0398. The normalized spacial score (nSPS) is 20.5. The van der Waals surface area contributed by atoms with Crippen LogP contribution in [0.5, 0.6) is 0 Å². The van der Waals surface area contributed by atoms with E-state index in [-0.39, 0.29) is 5.91 Å². The van der Waals surface area contributed by atoms with Crippen molar-refractivity contribution >= 4 is 5.91 Å². The minimum atomic E-state index is 0.0398. The Labute approximate surface area is 90.5 Å². The van der Waals surface area contributed by atoms with Gasteiger partial charge in [-0.2, -0.15) is 0 Å². The first kappa shape index (κ1) is 12.4. The fraction of sp³-hybridized carbons (Fsp3) is 0.900. The van der Waals surface area contributed by atoms with Crippen LogP contribution in [0.4, 0.5) is 0 Å². The van der Waals surface area contributed by atoms with Crippen LogP contribution in [-0.2, 0) is 14.3 Å². The molecule has 1 unspecified atom stereocenters. The van der Waals surface area contributed by atoms with Crippen molar-refractivity contribution in [3.8, 4) is 0 Å². The molecule has 2 N–H and O–H groups in total. The number of rotatable bonds is 7. The first-order chi connectivity index (χ1) is 7.33. The highest BCUT2D eigenvalue weighted by molar-refractivity contribution is 5.77. The van der Waals surface area contributed by atoms with Crippen LogP contribution >= 0.6 is 0 Å². The molecule has 1 aliphatic heterocycles. The van der Waals surface area contributed by atoms with Crippen LogP contribution in [0.3, 0.4) is 0 Å². The van der Waals surface area contributed by atoms with Crippen molar-refractivity contribution in [1.82, 2.24) is 10.6 Å². The second-order valence-corrected chi connectivity index (χ2v) is 3.64. The van der Waals surface area contributed by atoms with Gasteiger partial charge in [0, 0.05) is 32.9 Å². The third kappa shape index (κ3) is 5.71. The predicted molar refractivity (Wildman–Crippen MR) is 56.7 cm³/mol. The molecule has 15 heavy (non-hydrogen) atoms. The monoisotopic (exact) mass is 216 g/mol. The fourth-order valence-corrected chi connectivity index (χ4v) is 1.44. The summed E-state index contributed by atoms with van der Waals surface area (Å²) in [5, 5.41) is 5.97. The number of carbonyl (C=O) groups is 1. The molecule has 0 saturated carbocycles. The summed E-state index contributed by atoms with van der Waals surface area (Å²) in [6.07, 6.45) is 1.85. The van der Waals surface area contributed by atoms with E-state index < -0.39 is 0 Å². The smallest absolute Gasteiger partial charge is 0.233 e. The number of nitrogens with one attached hydrogen (secondary N) is 2. The zero-order chi connectivity index (χ0) is 10.9. The van der Waals surface area contributed by atoms with Crippen molar-refractivity contribution in [2.75, 3.05) is 40.0 Å². The van der Waals surface area contributed by atoms with Gasteiger partial charge in [-0.1, -0.05) is 0 Å². The van der Waals surface area contributed by atoms with E-state index in [9.17, 15) is 4.79 Å². The van der Waals surface area contributed by atoms with Crippen LogP contribution in [0.2, 0.25) is 0 Å². The Morgan fingerprint density at radius 1 is 1.60 bits per heavy atom. The maximum atomic E-state index is 11.3. The molecule has 88 valence electrons. The number of hydrogen-bond donors (Lipinski definition) is 2. The summed E-state index contributed by atoms with van der Waals surface area (Å²) in [6.45, 7) is 3.25. The van der Waals surface area contributed by atoms with Crippen molar-refractivity contribution in [1.29, 1.82) is 0 Å². The molecule has 0 aromatic rings. The highest BCUT2D eigenvalue weighted by Gasteiger charge is 2.15. The lowest BCUT2D eigenvalue weighted by Crippen LogP contribution is -2.39. The van der Waals surface area contributed by atoms with E-state index in [1.165, 1.54) is 0 Å². The van der Waals surface area contributed by atoms with Gasteiger partial charge in [-0.05, 0) is 12.8 Å². The van der Waals surface area contributed by atoms with Crippen molar-refractivity contribution in [3.63, 3.8) is 0 Å². The first-order valence-electron chi connectivity index (χ1n) is 5.39. The molecule has 1 aliphatic rings.